The largest absolute Gasteiger partial charge is 0.351 e. The molecule has 156 valence electrons. The Morgan fingerprint density at radius 1 is 1.06 bits per heavy atom. The van der Waals surface area contributed by atoms with Gasteiger partial charge in [-0.3, -0.25) is 9.78 Å². The number of aryl methyl sites for hydroxylation is 1. The maximum atomic E-state index is 13.7. The normalized spacial score (nSPS) is 11.5. The average molecular weight is 413 g/mol. The summed E-state index contributed by atoms with van der Waals surface area (Å²) < 4.78 is 13.7. The van der Waals surface area contributed by atoms with E-state index in [0.29, 0.717) is 17.8 Å². The molecule has 4 rings (SSSR count). The van der Waals surface area contributed by atoms with Crippen molar-refractivity contribution >= 4 is 16.8 Å². The molecule has 5 heteroatoms. The predicted octanol–water partition coefficient (Wildman–Crippen LogP) is 5.45. The first-order valence-corrected chi connectivity index (χ1v) is 10.2. The Kier molecular flexibility index (Phi) is 5.51. The van der Waals surface area contributed by atoms with Crippen LogP contribution in [-0.4, -0.2) is 22.4 Å². The summed E-state index contributed by atoms with van der Waals surface area (Å²) in [6.45, 7) is 6.32. The zero-order valence-corrected chi connectivity index (χ0v) is 17.8. The molecule has 31 heavy (non-hydrogen) atoms. The van der Waals surface area contributed by atoms with E-state index in [0.717, 1.165) is 27.6 Å². The number of carbonyl (C=O) groups is 1. The van der Waals surface area contributed by atoms with Crippen LogP contribution in [0.25, 0.3) is 22.2 Å². The van der Waals surface area contributed by atoms with Gasteiger partial charge in [0.05, 0.1) is 16.8 Å². The molecule has 1 N–H and O–H groups in total. The van der Waals surface area contributed by atoms with Gasteiger partial charge in [-0.25, -0.2) is 9.37 Å². The average Bonchev–Trinajstić information content (AvgIpc) is 2.78. The summed E-state index contributed by atoms with van der Waals surface area (Å²) in [5.41, 5.74) is 4.30. The number of rotatable bonds is 5. The van der Waals surface area contributed by atoms with Crippen molar-refractivity contribution in [2.75, 3.05) is 6.54 Å². The summed E-state index contributed by atoms with van der Waals surface area (Å²) in [5.74, 6) is -0.471. The molecule has 0 saturated carbocycles. The number of aromatic nitrogens is 2. The van der Waals surface area contributed by atoms with Crippen LogP contribution in [0.1, 0.15) is 35.3 Å². The molecule has 0 fully saturated rings. The number of fused-ring (bicyclic) bond motifs is 1. The summed E-state index contributed by atoms with van der Waals surface area (Å²) in [6, 6.07) is 17.9. The van der Waals surface area contributed by atoms with Gasteiger partial charge in [0.25, 0.3) is 5.91 Å². The van der Waals surface area contributed by atoms with Crippen LogP contribution in [-0.2, 0) is 5.41 Å². The van der Waals surface area contributed by atoms with Crippen LogP contribution in [0.15, 0.2) is 73.1 Å². The van der Waals surface area contributed by atoms with Gasteiger partial charge >= 0.3 is 0 Å². The van der Waals surface area contributed by atoms with Crippen molar-refractivity contribution in [1.82, 2.24) is 15.3 Å². The summed E-state index contributed by atoms with van der Waals surface area (Å²) in [4.78, 5) is 22.2. The second kappa shape index (κ2) is 8.26. The summed E-state index contributed by atoms with van der Waals surface area (Å²) in [6.07, 6.45) is 3.44. The fraction of sp³-hybridized carbons (Fsp3) is 0.192. The number of hydrogen-bond donors (Lipinski definition) is 1. The molecule has 0 unspecified atom stereocenters. The quantitative estimate of drug-likeness (QED) is 0.473. The molecule has 0 saturated heterocycles. The van der Waals surface area contributed by atoms with E-state index < -0.39 is 5.41 Å². The zero-order chi connectivity index (χ0) is 22.0. The third-order valence-corrected chi connectivity index (χ3v) is 5.54. The van der Waals surface area contributed by atoms with Gasteiger partial charge in [-0.05, 0) is 48.4 Å². The first-order chi connectivity index (χ1) is 14.8. The Labute approximate surface area is 181 Å². The molecule has 2 aromatic carbocycles. The van der Waals surface area contributed by atoms with E-state index in [2.05, 4.69) is 10.3 Å². The van der Waals surface area contributed by atoms with Gasteiger partial charge < -0.3 is 5.32 Å². The van der Waals surface area contributed by atoms with E-state index in [1.807, 2.05) is 63.2 Å². The minimum atomic E-state index is -0.428. The van der Waals surface area contributed by atoms with Crippen LogP contribution in [0.5, 0.6) is 0 Å². The Hall–Kier alpha value is -3.60. The van der Waals surface area contributed by atoms with Gasteiger partial charge in [0.1, 0.15) is 5.82 Å². The van der Waals surface area contributed by atoms with Crippen LogP contribution in [0.3, 0.4) is 0 Å². The highest BCUT2D eigenvalue weighted by molar-refractivity contribution is 6.07. The van der Waals surface area contributed by atoms with Gasteiger partial charge in [0.2, 0.25) is 0 Å². The molecular weight excluding hydrogens is 389 g/mol. The topological polar surface area (TPSA) is 54.9 Å². The number of amides is 1. The smallest absolute Gasteiger partial charge is 0.252 e. The molecule has 2 heterocycles. The Morgan fingerprint density at radius 2 is 1.87 bits per heavy atom. The first kappa shape index (κ1) is 20.7. The van der Waals surface area contributed by atoms with E-state index in [4.69, 9.17) is 4.98 Å². The molecule has 1 amide bonds. The second-order valence-electron chi connectivity index (χ2n) is 8.34. The van der Waals surface area contributed by atoms with Crippen LogP contribution in [0.2, 0.25) is 0 Å². The molecule has 0 aliphatic heterocycles. The number of hydrogen-bond acceptors (Lipinski definition) is 3. The SMILES string of the molecule is Cc1cccc2c(C(=O)NCC(C)(C)c3cccc(F)c3)cc(-c3cccnc3)nc12. The van der Waals surface area contributed by atoms with Gasteiger partial charge in [-0.1, -0.05) is 44.2 Å². The number of nitrogens with one attached hydrogen (secondary N) is 1. The highest BCUT2D eigenvalue weighted by atomic mass is 19.1. The van der Waals surface area contributed by atoms with Gasteiger partial charge in [0, 0.05) is 35.3 Å². The Morgan fingerprint density at radius 3 is 2.61 bits per heavy atom. The van der Waals surface area contributed by atoms with E-state index >= 15 is 0 Å². The molecular formula is C26H24FN3O. The maximum Gasteiger partial charge on any atom is 0.252 e. The van der Waals surface area contributed by atoms with Gasteiger partial charge in [-0.15, -0.1) is 0 Å². The van der Waals surface area contributed by atoms with Crippen molar-refractivity contribution < 1.29 is 9.18 Å². The third kappa shape index (κ3) is 4.31. The van der Waals surface area contributed by atoms with Crippen molar-refractivity contribution in [3.63, 3.8) is 0 Å². The molecule has 0 aliphatic rings. The van der Waals surface area contributed by atoms with E-state index in [1.54, 1.807) is 18.5 Å². The van der Waals surface area contributed by atoms with Gasteiger partial charge in [-0.2, -0.15) is 0 Å². The predicted molar refractivity (Wildman–Crippen MR) is 121 cm³/mol. The number of nitrogens with zero attached hydrogens (tertiary/aromatic N) is 2. The summed E-state index contributed by atoms with van der Waals surface area (Å²) >= 11 is 0. The van der Waals surface area contributed by atoms with Crippen molar-refractivity contribution in [3.8, 4) is 11.3 Å². The Balaban J connectivity index is 1.69. The van der Waals surface area contributed by atoms with Crippen molar-refractivity contribution in [2.24, 2.45) is 0 Å². The zero-order valence-electron chi connectivity index (χ0n) is 17.8. The number of pyridine rings is 2. The molecule has 0 bridgehead atoms. The number of carbonyl (C=O) groups excluding carboxylic acids is 1. The third-order valence-electron chi connectivity index (χ3n) is 5.54. The fourth-order valence-corrected chi connectivity index (χ4v) is 3.65. The highest BCUT2D eigenvalue weighted by Crippen LogP contribution is 2.27. The minimum absolute atomic E-state index is 0.187. The number of benzene rings is 2. The summed E-state index contributed by atoms with van der Waals surface area (Å²) in [7, 11) is 0. The lowest BCUT2D eigenvalue weighted by atomic mass is 9.84. The van der Waals surface area contributed by atoms with Crippen LogP contribution in [0.4, 0.5) is 4.39 Å². The number of para-hydroxylation sites is 1. The molecule has 0 spiro atoms. The monoisotopic (exact) mass is 413 g/mol. The molecule has 4 nitrogen and oxygen atoms in total. The molecule has 0 radical (unpaired) electrons. The lowest BCUT2D eigenvalue weighted by Gasteiger charge is -2.26. The number of halogens is 1. The van der Waals surface area contributed by atoms with Crippen molar-refractivity contribution in [2.45, 2.75) is 26.2 Å². The standard InChI is InChI=1S/C26H24FN3O/c1-17-7-4-11-21-22(14-23(30-24(17)21)18-8-6-12-28-15-18)25(31)29-16-26(2,3)19-9-5-10-20(27)13-19/h4-15H,16H2,1-3H3,(H,29,31). The van der Waals surface area contributed by atoms with Gasteiger partial charge in [0.15, 0.2) is 0 Å². The molecule has 0 atom stereocenters. The molecule has 4 aromatic rings. The van der Waals surface area contributed by atoms with E-state index in [1.165, 1.54) is 12.1 Å². The Bertz CT molecular complexity index is 1250. The molecule has 2 aromatic heterocycles. The van der Waals surface area contributed by atoms with Crippen LogP contribution in [0, 0.1) is 12.7 Å². The maximum absolute atomic E-state index is 13.7. The highest BCUT2D eigenvalue weighted by Gasteiger charge is 2.23. The molecule has 0 aliphatic carbocycles. The minimum Gasteiger partial charge on any atom is -0.351 e. The van der Waals surface area contributed by atoms with E-state index in [9.17, 15) is 9.18 Å². The first-order valence-electron chi connectivity index (χ1n) is 10.2. The lowest BCUT2D eigenvalue weighted by molar-refractivity contribution is 0.0947. The van der Waals surface area contributed by atoms with Crippen LogP contribution >= 0.6 is 0 Å². The van der Waals surface area contributed by atoms with Crippen LogP contribution < -0.4 is 5.32 Å². The fourth-order valence-electron chi connectivity index (χ4n) is 3.65. The van der Waals surface area contributed by atoms with Crippen molar-refractivity contribution in [1.29, 1.82) is 0 Å². The van der Waals surface area contributed by atoms with Crippen molar-refractivity contribution in [3.05, 3.63) is 95.6 Å². The van der Waals surface area contributed by atoms with E-state index in [-0.39, 0.29) is 11.7 Å². The lowest BCUT2D eigenvalue weighted by Crippen LogP contribution is -2.36. The second-order valence-corrected chi connectivity index (χ2v) is 8.34. The summed E-state index contributed by atoms with van der Waals surface area (Å²) in [5, 5.41) is 3.84.